The normalized spacial score (nSPS) is 14.0. The van der Waals surface area contributed by atoms with Crippen LogP contribution in [0.5, 0.6) is 0 Å². The number of aromatic nitrogens is 3. The predicted octanol–water partition coefficient (Wildman–Crippen LogP) is 3.21. The highest BCUT2D eigenvalue weighted by atomic mass is 15.2. The van der Waals surface area contributed by atoms with Gasteiger partial charge in [0.05, 0.1) is 5.52 Å². The smallest absolute Gasteiger partial charge is 0.225 e. The van der Waals surface area contributed by atoms with Crippen LogP contribution in [0.1, 0.15) is 18.4 Å². The summed E-state index contributed by atoms with van der Waals surface area (Å²) < 4.78 is 0. The monoisotopic (exact) mass is 291 g/mol. The molecule has 0 saturated heterocycles. The molecule has 2 heterocycles. The largest absolute Gasteiger partial charge is 0.367 e. The number of hydrogen-bond donors (Lipinski definition) is 2. The molecule has 1 fully saturated rings. The fourth-order valence-electron chi connectivity index (χ4n) is 2.37. The molecule has 1 aliphatic carbocycles. The van der Waals surface area contributed by atoms with Gasteiger partial charge in [0.25, 0.3) is 0 Å². The first-order valence-corrected chi connectivity index (χ1v) is 7.54. The van der Waals surface area contributed by atoms with Gasteiger partial charge in [-0.2, -0.15) is 4.98 Å². The van der Waals surface area contributed by atoms with E-state index >= 15 is 0 Å². The number of nitrogens with zero attached hydrogens (tertiary/aromatic N) is 3. The molecular formula is C17H17N5. The minimum absolute atomic E-state index is 0.560. The minimum Gasteiger partial charge on any atom is -0.367 e. The zero-order chi connectivity index (χ0) is 14.8. The summed E-state index contributed by atoms with van der Waals surface area (Å²) in [5, 5.41) is 7.85. The highest BCUT2D eigenvalue weighted by Crippen LogP contribution is 2.28. The van der Waals surface area contributed by atoms with Gasteiger partial charge in [0.15, 0.2) is 0 Å². The van der Waals surface area contributed by atoms with Gasteiger partial charge in [-0.25, -0.2) is 4.98 Å². The Balaban J connectivity index is 1.62. The maximum atomic E-state index is 4.64. The lowest BCUT2D eigenvalue weighted by molar-refractivity contribution is 1.04. The van der Waals surface area contributed by atoms with Gasteiger partial charge >= 0.3 is 0 Å². The third kappa shape index (κ3) is 2.83. The molecule has 5 heteroatoms. The lowest BCUT2D eigenvalue weighted by Crippen LogP contribution is -2.09. The Morgan fingerprint density at radius 1 is 1.05 bits per heavy atom. The highest BCUT2D eigenvalue weighted by Gasteiger charge is 2.22. The van der Waals surface area contributed by atoms with Crippen LogP contribution in [0, 0.1) is 0 Å². The van der Waals surface area contributed by atoms with Crippen molar-refractivity contribution >= 4 is 22.7 Å². The zero-order valence-electron chi connectivity index (χ0n) is 12.2. The van der Waals surface area contributed by atoms with E-state index in [0.29, 0.717) is 18.5 Å². The highest BCUT2D eigenvalue weighted by molar-refractivity contribution is 5.90. The molecule has 110 valence electrons. The molecule has 0 radical (unpaired) electrons. The standard InChI is InChI=1S/C17H17N5/c1-2-6-15-14(5-1)16(20-13-7-8-13)22-17(21-15)19-11-12-4-3-9-18-10-12/h1-6,9-10,13H,7-8,11H2,(H2,19,20,21,22). The molecule has 3 aromatic rings. The molecule has 4 rings (SSSR count). The van der Waals surface area contributed by atoms with Crippen LogP contribution < -0.4 is 10.6 Å². The Bertz CT molecular complexity index is 783. The van der Waals surface area contributed by atoms with E-state index in [4.69, 9.17) is 0 Å². The Morgan fingerprint density at radius 3 is 2.77 bits per heavy atom. The third-order valence-electron chi connectivity index (χ3n) is 3.69. The number of nitrogens with one attached hydrogen (secondary N) is 2. The van der Waals surface area contributed by atoms with Crippen LogP contribution in [0.4, 0.5) is 11.8 Å². The van der Waals surface area contributed by atoms with E-state index in [0.717, 1.165) is 22.3 Å². The number of benzene rings is 1. The fraction of sp³-hybridized carbons (Fsp3) is 0.235. The van der Waals surface area contributed by atoms with Crippen LogP contribution >= 0.6 is 0 Å². The van der Waals surface area contributed by atoms with Crippen molar-refractivity contribution in [3.05, 3.63) is 54.4 Å². The number of rotatable bonds is 5. The van der Waals surface area contributed by atoms with Crippen LogP contribution in [0.15, 0.2) is 48.8 Å². The summed E-state index contributed by atoms with van der Waals surface area (Å²) in [5.74, 6) is 1.56. The molecule has 0 amide bonds. The van der Waals surface area contributed by atoms with E-state index in [1.165, 1.54) is 12.8 Å². The van der Waals surface area contributed by atoms with E-state index in [-0.39, 0.29) is 0 Å². The van der Waals surface area contributed by atoms with Crippen molar-refractivity contribution in [2.45, 2.75) is 25.4 Å². The fourth-order valence-corrected chi connectivity index (χ4v) is 2.37. The number of anilines is 2. The average molecular weight is 291 g/mol. The molecule has 1 aliphatic rings. The van der Waals surface area contributed by atoms with Crippen LogP contribution in [0.25, 0.3) is 10.9 Å². The van der Waals surface area contributed by atoms with Gasteiger partial charge in [-0.1, -0.05) is 18.2 Å². The first-order chi connectivity index (χ1) is 10.9. The van der Waals surface area contributed by atoms with Crippen molar-refractivity contribution in [3.63, 3.8) is 0 Å². The molecule has 1 aromatic carbocycles. The Labute approximate surface area is 128 Å². The molecular weight excluding hydrogens is 274 g/mol. The summed E-state index contributed by atoms with van der Waals surface area (Å²) in [4.78, 5) is 13.4. The van der Waals surface area contributed by atoms with Crippen molar-refractivity contribution in [2.24, 2.45) is 0 Å². The van der Waals surface area contributed by atoms with Crippen LogP contribution in [0.3, 0.4) is 0 Å². The lowest BCUT2D eigenvalue weighted by Gasteiger charge is -2.11. The van der Waals surface area contributed by atoms with Gasteiger partial charge in [0.2, 0.25) is 5.95 Å². The molecule has 22 heavy (non-hydrogen) atoms. The van der Waals surface area contributed by atoms with Gasteiger partial charge in [-0.05, 0) is 36.6 Å². The third-order valence-corrected chi connectivity index (χ3v) is 3.69. The van der Waals surface area contributed by atoms with Crippen LogP contribution in [-0.2, 0) is 6.54 Å². The molecule has 2 N–H and O–H groups in total. The molecule has 1 saturated carbocycles. The maximum absolute atomic E-state index is 4.64. The number of pyridine rings is 1. The van der Waals surface area contributed by atoms with Crippen molar-refractivity contribution in [1.82, 2.24) is 15.0 Å². The summed E-state index contributed by atoms with van der Waals surface area (Å²) in [6, 6.07) is 12.6. The summed E-state index contributed by atoms with van der Waals surface area (Å²) in [7, 11) is 0. The van der Waals surface area contributed by atoms with Gasteiger partial charge in [0.1, 0.15) is 5.82 Å². The molecule has 0 bridgehead atoms. The second kappa shape index (κ2) is 5.60. The van der Waals surface area contributed by atoms with Crippen molar-refractivity contribution in [2.75, 3.05) is 10.6 Å². The SMILES string of the molecule is c1cncc(CNc2nc(NC3CC3)c3ccccc3n2)c1. The molecule has 0 atom stereocenters. The van der Waals surface area contributed by atoms with Crippen molar-refractivity contribution < 1.29 is 0 Å². The van der Waals surface area contributed by atoms with Gasteiger partial charge in [0, 0.05) is 30.4 Å². The lowest BCUT2D eigenvalue weighted by atomic mass is 10.2. The van der Waals surface area contributed by atoms with E-state index in [1.54, 1.807) is 6.20 Å². The van der Waals surface area contributed by atoms with Crippen LogP contribution in [0.2, 0.25) is 0 Å². The van der Waals surface area contributed by atoms with E-state index in [1.807, 2.05) is 36.5 Å². The number of fused-ring (bicyclic) bond motifs is 1. The second-order valence-corrected chi connectivity index (χ2v) is 5.55. The Hall–Kier alpha value is -2.69. The quantitative estimate of drug-likeness (QED) is 0.755. The molecule has 0 spiro atoms. The summed E-state index contributed by atoms with van der Waals surface area (Å²) >= 11 is 0. The Kier molecular flexibility index (Phi) is 3.31. The first-order valence-electron chi connectivity index (χ1n) is 7.54. The minimum atomic E-state index is 0.560. The van der Waals surface area contributed by atoms with E-state index in [2.05, 4.69) is 31.7 Å². The summed E-state index contributed by atoms with van der Waals surface area (Å²) in [5.41, 5.74) is 2.06. The molecule has 5 nitrogen and oxygen atoms in total. The summed E-state index contributed by atoms with van der Waals surface area (Å²) in [6.45, 7) is 0.662. The van der Waals surface area contributed by atoms with Crippen molar-refractivity contribution in [3.8, 4) is 0 Å². The predicted molar refractivity (Wildman–Crippen MR) is 87.7 cm³/mol. The number of para-hydroxylation sites is 1. The van der Waals surface area contributed by atoms with E-state index < -0.39 is 0 Å². The maximum Gasteiger partial charge on any atom is 0.225 e. The second-order valence-electron chi connectivity index (χ2n) is 5.55. The topological polar surface area (TPSA) is 62.7 Å². The number of hydrogen-bond acceptors (Lipinski definition) is 5. The average Bonchev–Trinajstić information content (AvgIpc) is 3.38. The molecule has 2 aromatic heterocycles. The molecule has 0 aliphatic heterocycles. The van der Waals surface area contributed by atoms with Gasteiger partial charge in [-0.15, -0.1) is 0 Å². The van der Waals surface area contributed by atoms with Crippen LogP contribution in [-0.4, -0.2) is 21.0 Å². The van der Waals surface area contributed by atoms with Crippen molar-refractivity contribution in [1.29, 1.82) is 0 Å². The molecule has 0 unspecified atom stereocenters. The van der Waals surface area contributed by atoms with E-state index in [9.17, 15) is 0 Å². The summed E-state index contributed by atoms with van der Waals surface area (Å²) in [6.07, 6.45) is 6.05. The van der Waals surface area contributed by atoms with Gasteiger partial charge < -0.3 is 10.6 Å². The Morgan fingerprint density at radius 2 is 1.95 bits per heavy atom. The first kappa shape index (κ1) is 13.0. The van der Waals surface area contributed by atoms with Gasteiger partial charge in [-0.3, -0.25) is 4.98 Å². The zero-order valence-corrected chi connectivity index (χ0v) is 12.2.